The number of rotatable bonds is 3. The van der Waals surface area contributed by atoms with Gasteiger partial charge in [0.1, 0.15) is 0 Å². The summed E-state index contributed by atoms with van der Waals surface area (Å²) < 4.78 is 4.63. The standard InChI is InChI=1S/C16H21NO3/c1-16(2)10-4-5-13(16)17-14(18)11-6-8-12(9-7-11)15(19)20-3/h6-9,13H,4-5,10H2,1-3H3,(H,17,18). The van der Waals surface area contributed by atoms with E-state index in [1.165, 1.54) is 7.11 Å². The second-order valence-corrected chi connectivity index (χ2v) is 5.98. The van der Waals surface area contributed by atoms with E-state index in [9.17, 15) is 9.59 Å². The van der Waals surface area contributed by atoms with Crippen molar-refractivity contribution in [3.63, 3.8) is 0 Å². The van der Waals surface area contributed by atoms with Crippen molar-refractivity contribution < 1.29 is 14.3 Å². The van der Waals surface area contributed by atoms with E-state index in [1.807, 2.05) is 0 Å². The van der Waals surface area contributed by atoms with Crippen LogP contribution >= 0.6 is 0 Å². The van der Waals surface area contributed by atoms with Crippen molar-refractivity contribution in [2.75, 3.05) is 7.11 Å². The molecular formula is C16H21NO3. The van der Waals surface area contributed by atoms with Crippen molar-refractivity contribution in [2.24, 2.45) is 5.41 Å². The molecule has 4 heteroatoms. The number of ether oxygens (including phenoxy) is 1. The number of esters is 1. The Labute approximate surface area is 119 Å². The predicted octanol–water partition coefficient (Wildman–Crippen LogP) is 2.78. The second kappa shape index (κ2) is 5.65. The highest BCUT2D eigenvalue weighted by Crippen LogP contribution is 2.37. The molecule has 0 aliphatic heterocycles. The van der Waals surface area contributed by atoms with E-state index in [4.69, 9.17) is 0 Å². The maximum absolute atomic E-state index is 12.2. The number of carbonyl (C=O) groups excluding carboxylic acids is 2. The fraction of sp³-hybridized carbons (Fsp3) is 0.500. The molecule has 1 atom stereocenters. The first kappa shape index (κ1) is 14.6. The highest BCUT2D eigenvalue weighted by molar-refractivity contribution is 5.96. The van der Waals surface area contributed by atoms with Crippen LogP contribution in [0.3, 0.4) is 0 Å². The van der Waals surface area contributed by atoms with Crippen LogP contribution < -0.4 is 5.32 Å². The van der Waals surface area contributed by atoms with Gasteiger partial charge in [0.25, 0.3) is 5.91 Å². The summed E-state index contributed by atoms with van der Waals surface area (Å²) in [6.07, 6.45) is 3.32. The molecule has 1 aromatic rings. The van der Waals surface area contributed by atoms with Crippen LogP contribution in [0.2, 0.25) is 0 Å². The van der Waals surface area contributed by atoms with Gasteiger partial charge in [-0.2, -0.15) is 0 Å². The summed E-state index contributed by atoms with van der Waals surface area (Å²) in [6.45, 7) is 4.37. The fourth-order valence-electron chi connectivity index (χ4n) is 2.71. The highest BCUT2D eigenvalue weighted by Gasteiger charge is 2.35. The smallest absolute Gasteiger partial charge is 0.337 e. The minimum atomic E-state index is -0.395. The van der Waals surface area contributed by atoms with Crippen LogP contribution in [0.4, 0.5) is 0 Å². The van der Waals surface area contributed by atoms with E-state index in [0.29, 0.717) is 11.1 Å². The number of methoxy groups -OCH3 is 1. The lowest BCUT2D eigenvalue weighted by atomic mass is 9.87. The molecule has 2 rings (SSSR count). The van der Waals surface area contributed by atoms with Crippen LogP contribution in [0.15, 0.2) is 24.3 Å². The molecule has 1 amide bonds. The Morgan fingerprint density at radius 1 is 1.20 bits per heavy atom. The average Bonchev–Trinajstić information content (AvgIpc) is 2.77. The minimum Gasteiger partial charge on any atom is -0.465 e. The molecule has 108 valence electrons. The van der Waals surface area contributed by atoms with Crippen LogP contribution in [0.1, 0.15) is 53.8 Å². The van der Waals surface area contributed by atoms with E-state index < -0.39 is 5.97 Å². The minimum absolute atomic E-state index is 0.0820. The third-order valence-corrected chi connectivity index (χ3v) is 4.13. The fourth-order valence-corrected chi connectivity index (χ4v) is 2.71. The summed E-state index contributed by atoms with van der Waals surface area (Å²) in [7, 11) is 1.34. The average molecular weight is 275 g/mol. The summed E-state index contributed by atoms with van der Waals surface area (Å²) in [5.74, 6) is -0.477. The van der Waals surface area contributed by atoms with Gasteiger partial charge < -0.3 is 10.1 Å². The van der Waals surface area contributed by atoms with Crippen LogP contribution in [0.5, 0.6) is 0 Å². The number of amides is 1. The van der Waals surface area contributed by atoms with Gasteiger partial charge in [-0.1, -0.05) is 20.3 Å². The molecule has 1 aliphatic carbocycles. The molecule has 1 aliphatic rings. The van der Waals surface area contributed by atoms with E-state index >= 15 is 0 Å². The van der Waals surface area contributed by atoms with Crippen molar-refractivity contribution in [3.8, 4) is 0 Å². The van der Waals surface area contributed by atoms with Gasteiger partial charge in [0.15, 0.2) is 0 Å². The molecular weight excluding hydrogens is 254 g/mol. The van der Waals surface area contributed by atoms with Gasteiger partial charge in [-0.05, 0) is 42.5 Å². The van der Waals surface area contributed by atoms with Crippen molar-refractivity contribution in [2.45, 2.75) is 39.2 Å². The molecule has 20 heavy (non-hydrogen) atoms. The van der Waals surface area contributed by atoms with Crippen LogP contribution in [0, 0.1) is 5.41 Å². The molecule has 0 radical (unpaired) electrons. The lowest BCUT2D eigenvalue weighted by Gasteiger charge is -2.27. The molecule has 1 fully saturated rings. The van der Waals surface area contributed by atoms with E-state index in [0.717, 1.165) is 19.3 Å². The van der Waals surface area contributed by atoms with Gasteiger partial charge in [0, 0.05) is 11.6 Å². The number of carbonyl (C=O) groups is 2. The number of benzene rings is 1. The van der Waals surface area contributed by atoms with Crippen LogP contribution in [-0.4, -0.2) is 25.0 Å². The topological polar surface area (TPSA) is 55.4 Å². The Morgan fingerprint density at radius 2 is 1.80 bits per heavy atom. The maximum Gasteiger partial charge on any atom is 0.337 e. The summed E-state index contributed by atoms with van der Waals surface area (Å²) in [6, 6.07) is 6.75. The zero-order chi connectivity index (χ0) is 14.8. The Hall–Kier alpha value is -1.84. The molecule has 1 unspecified atom stereocenters. The van der Waals surface area contributed by atoms with Gasteiger partial charge >= 0.3 is 5.97 Å². The lowest BCUT2D eigenvalue weighted by molar-refractivity contribution is 0.0600. The number of hydrogen-bond acceptors (Lipinski definition) is 3. The third-order valence-electron chi connectivity index (χ3n) is 4.13. The van der Waals surface area contributed by atoms with E-state index in [1.54, 1.807) is 24.3 Å². The Morgan fingerprint density at radius 3 is 2.30 bits per heavy atom. The Kier molecular flexibility index (Phi) is 4.12. The number of hydrogen-bond donors (Lipinski definition) is 1. The van der Waals surface area contributed by atoms with Gasteiger partial charge in [-0.25, -0.2) is 4.79 Å². The highest BCUT2D eigenvalue weighted by atomic mass is 16.5. The molecule has 0 aromatic heterocycles. The Bertz CT molecular complexity index is 505. The molecule has 0 bridgehead atoms. The second-order valence-electron chi connectivity index (χ2n) is 5.98. The van der Waals surface area contributed by atoms with Gasteiger partial charge in [0.2, 0.25) is 0 Å². The molecule has 0 saturated heterocycles. The van der Waals surface area contributed by atoms with Gasteiger partial charge in [0.05, 0.1) is 12.7 Å². The number of nitrogens with one attached hydrogen (secondary N) is 1. The third kappa shape index (κ3) is 3.00. The molecule has 1 aromatic carbocycles. The zero-order valence-corrected chi connectivity index (χ0v) is 12.2. The zero-order valence-electron chi connectivity index (χ0n) is 12.2. The SMILES string of the molecule is COC(=O)c1ccc(C(=O)NC2CCCC2(C)C)cc1. The first-order chi connectivity index (χ1) is 9.44. The summed E-state index contributed by atoms with van der Waals surface area (Å²) in [4.78, 5) is 23.5. The largest absolute Gasteiger partial charge is 0.465 e. The molecule has 4 nitrogen and oxygen atoms in total. The van der Waals surface area contributed by atoms with Crippen LogP contribution in [0.25, 0.3) is 0 Å². The molecule has 0 heterocycles. The van der Waals surface area contributed by atoms with Crippen LogP contribution in [-0.2, 0) is 4.74 Å². The normalized spacial score (nSPS) is 20.4. The first-order valence-electron chi connectivity index (χ1n) is 6.93. The first-order valence-corrected chi connectivity index (χ1v) is 6.93. The molecule has 0 spiro atoms. The van der Waals surface area contributed by atoms with Crippen molar-refractivity contribution in [1.82, 2.24) is 5.32 Å². The van der Waals surface area contributed by atoms with Crippen molar-refractivity contribution >= 4 is 11.9 Å². The van der Waals surface area contributed by atoms with E-state index in [-0.39, 0.29) is 17.4 Å². The lowest BCUT2D eigenvalue weighted by Crippen LogP contribution is -2.41. The molecule has 1 saturated carbocycles. The maximum atomic E-state index is 12.2. The van der Waals surface area contributed by atoms with Crippen molar-refractivity contribution in [1.29, 1.82) is 0 Å². The quantitative estimate of drug-likeness (QED) is 0.863. The summed E-state index contributed by atoms with van der Waals surface area (Å²) in [5.41, 5.74) is 1.17. The van der Waals surface area contributed by atoms with Crippen molar-refractivity contribution in [3.05, 3.63) is 35.4 Å². The monoisotopic (exact) mass is 275 g/mol. The van der Waals surface area contributed by atoms with Gasteiger partial charge in [-0.3, -0.25) is 4.79 Å². The van der Waals surface area contributed by atoms with Gasteiger partial charge in [-0.15, -0.1) is 0 Å². The summed E-state index contributed by atoms with van der Waals surface area (Å²) >= 11 is 0. The summed E-state index contributed by atoms with van der Waals surface area (Å²) in [5, 5.41) is 3.09. The Balaban J connectivity index is 2.04. The predicted molar refractivity (Wildman–Crippen MR) is 76.7 cm³/mol. The van der Waals surface area contributed by atoms with E-state index in [2.05, 4.69) is 23.9 Å². The molecule has 1 N–H and O–H groups in total.